The van der Waals surface area contributed by atoms with Crippen LogP contribution >= 0.6 is 0 Å². The zero-order valence-electron chi connectivity index (χ0n) is 22.3. The van der Waals surface area contributed by atoms with Crippen LogP contribution in [-0.2, 0) is 0 Å². The molecule has 0 fully saturated rings. The van der Waals surface area contributed by atoms with Crippen LogP contribution in [0.2, 0.25) is 0 Å². The number of hydrogen-bond acceptors (Lipinski definition) is 0. The van der Waals surface area contributed by atoms with E-state index in [1.54, 1.807) is 0 Å². The van der Waals surface area contributed by atoms with E-state index in [4.69, 9.17) is 0 Å². The van der Waals surface area contributed by atoms with Crippen molar-refractivity contribution in [3.8, 4) is 0 Å². The Balaban J connectivity index is -0.000000364. The molecule has 0 aliphatic rings. The maximum absolute atomic E-state index is 3.94. The van der Waals surface area contributed by atoms with Gasteiger partial charge in [-0.05, 0) is 106 Å². The second kappa shape index (κ2) is 23.7. The lowest BCUT2D eigenvalue weighted by molar-refractivity contribution is 0.658. The summed E-state index contributed by atoms with van der Waals surface area (Å²) in [5.74, 6) is 0.663. The Kier molecular flexibility index (Phi) is 26.2. The zero-order valence-corrected chi connectivity index (χ0v) is 22.3. The van der Waals surface area contributed by atoms with Crippen LogP contribution in [0.4, 0.5) is 0 Å². The molecule has 0 radical (unpaired) electrons. The number of hydrogen-bond donors (Lipinski definition) is 0. The van der Waals surface area contributed by atoms with Crippen molar-refractivity contribution in [2.45, 2.75) is 114 Å². The summed E-state index contributed by atoms with van der Waals surface area (Å²) in [6.07, 6.45) is 19.3. The highest BCUT2D eigenvalue weighted by atomic mass is 14.0. The second-order valence-corrected chi connectivity index (χ2v) is 8.95. The third-order valence-electron chi connectivity index (χ3n) is 4.71. The Bertz CT molecular complexity index is 537. The summed E-state index contributed by atoms with van der Waals surface area (Å²) in [7, 11) is 0. The Morgan fingerprint density at radius 1 is 0.767 bits per heavy atom. The standard InChI is InChI=1S/3C10H18/c3*1-5-10(4)8-6-7-9(2)3/h5,7H,6,8H2,1-4H3;7H,4-6,8H2,1-3H3;5,7,10H,1,6,8H2,2-4H3/b10-5+;;. The monoisotopic (exact) mass is 414 g/mol. The molecule has 0 heteroatoms. The summed E-state index contributed by atoms with van der Waals surface area (Å²) in [4.78, 5) is 0. The fourth-order valence-corrected chi connectivity index (χ4v) is 2.23. The molecule has 0 spiro atoms. The highest BCUT2D eigenvalue weighted by Gasteiger charge is 1.92. The van der Waals surface area contributed by atoms with E-state index in [9.17, 15) is 0 Å². The lowest BCUT2D eigenvalue weighted by Gasteiger charge is -2.01. The van der Waals surface area contributed by atoms with Gasteiger partial charge in [-0.3, -0.25) is 0 Å². The summed E-state index contributed by atoms with van der Waals surface area (Å²) in [5.41, 5.74) is 7.08. The fraction of sp³-hybridized carbons (Fsp3) is 0.600. The van der Waals surface area contributed by atoms with Crippen molar-refractivity contribution in [3.05, 3.63) is 71.4 Å². The van der Waals surface area contributed by atoms with Crippen molar-refractivity contribution in [1.82, 2.24) is 0 Å². The summed E-state index contributed by atoms with van der Waals surface area (Å²) >= 11 is 0. The average Bonchev–Trinajstić information content (AvgIpc) is 2.67. The molecular formula is C30H54. The van der Waals surface area contributed by atoms with Gasteiger partial charge in [-0.2, -0.15) is 0 Å². The third kappa shape index (κ3) is 34.0. The van der Waals surface area contributed by atoms with Gasteiger partial charge in [-0.25, -0.2) is 0 Å². The van der Waals surface area contributed by atoms with Crippen molar-refractivity contribution in [2.75, 3.05) is 0 Å². The Morgan fingerprint density at radius 2 is 1.20 bits per heavy atom. The van der Waals surface area contributed by atoms with E-state index in [1.807, 2.05) is 6.08 Å². The number of allylic oxidation sites excluding steroid dienone is 10. The first-order valence-electron chi connectivity index (χ1n) is 11.8. The molecule has 0 aromatic carbocycles. The average molecular weight is 415 g/mol. The lowest BCUT2D eigenvalue weighted by atomic mass is 10.1. The van der Waals surface area contributed by atoms with Gasteiger partial charge in [0.1, 0.15) is 0 Å². The number of rotatable bonds is 11. The molecule has 0 nitrogen and oxygen atoms in total. The van der Waals surface area contributed by atoms with Crippen LogP contribution in [0.25, 0.3) is 0 Å². The van der Waals surface area contributed by atoms with Crippen molar-refractivity contribution >= 4 is 0 Å². The molecule has 174 valence electrons. The summed E-state index contributed by atoms with van der Waals surface area (Å²) in [5, 5.41) is 0. The smallest absolute Gasteiger partial charge is 0.0262 e. The topological polar surface area (TPSA) is 0 Å². The van der Waals surface area contributed by atoms with Crippen molar-refractivity contribution in [3.63, 3.8) is 0 Å². The SMILES string of the molecule is C/C=C(\C)CCC=C(C)C.C=C(CC)CCC=C(C)C.C=CC(C)CCC=C(C)C. The minimum Gasteiger partial charge on any atom is -0.103 e. The summed E-state index contributed by atoms with van der Waals surface area (Å²) < 4.78 is 0. The van der Waals surface area contributed by atoms with E-state index in [2.05, 4.69) is 107 Å². The molecule has 0 aliphatic heterocycles. The molecule has 0 amide bonds. The second-order valence-electron chi connectivity index (χ2n) is 8.95. The highest BCUT2D eigenvalue weighted by Crippen LogP contribution is 2.08. The van der Waals surface area contributed by atoms with Gasteiger partial charge in [0.15, 0.2) is 0 Å². The van der Waals surface area contributed by atoms with Gasteiger partial charge in [0.25, 0.3) is 0 Å². The summed E-state index contributed by atoms with van der Waals surface area (Å²) in [6, 6.07) is 0. The Morgan fingerprint density at radius 3 is 1.57 bits per heavy atom. The summed E-state index contributed by atoms with van der Waals surface area (Å²) in [6.45, 7) is 29.1. The van der Waals surface area contributed by atoms with Gasteiger partial charge >= 0.3 is 0 Å². The molecule has 0 heterocycles. The molecule has 1 atom stereocenters. The van der Waals surface area contributed by atoms with Gasteiger partial charge in [0, 0.05) is 0 Å². The molecule has 0 bridgehead atoms. The first-order chi connectivity index (χ1) is 14.0. The van der Waals surface area contributed by atoms with E-state index in [0.717, 1.165) is 19.3 Å². The fourth-order valence-electron chi connectivity index (χ4n) is 2.23. The maximum atomic E-state index is 3.94. The van der Waals surface area contributed by atoms with Gasteiger partial charge in [-0.1, -0.05) is 78.7 Å². The van der Waals surface area contributed by atoms with Crippen LogP contribution in [0, 0.1) is 5.92 Å². The van der Waals surface area contributed by atoms with Crippen LogP contribution < -0.4 is 0 Å². The molecule has 1 unspecified atom stereocenters. The molecule has 0 aromatic heterocycles. The molecular weight excluding hydrogens is 360 g/mol. The van der Waals surface area contributed by atoms with Crippen LogP contribution in [-0.4, -0.2) is 0 Å². The first-order valence-corrected chi connectivity index (χ1v) is 11.8. The van der Waals surface area contributed by atoms with Crippen molar-refractivity contribution in [1.29, 1.82) is 0 Å². The minimum atomic E-state index is 0.663. The van der Waals surface area contributed by atoms with Crippen LogP contribution in [0.1, 0.15) is 114 Å². The normalized spacial score (nSPS) is 10.9. The largest absolute Gasteiger partial charge is 0.103 e. The van der Waals surface area contributed by atoms with E-state index in [1.165, 1.54) is 53.5 Å². The van der Waals surface area contributed by atoms with Crippen LogP contribution in [0.5, 0.6) is 0 Å². The van der Waals surface area contributed by atoms with Crippen LogP contribution in [0.15, 0.2) is 71.4 Å². The van der Waals surface area contributed by atoms with Crippen molar-refractivity contribution < 1.29 is 0 Å². The van der Waals surface area contributed by atoms with Gasteiger partial charge < -0.3 is 0 Å². The zero-order chi connectivity index (χ0) is 23.9. The van der Waals surface area contributed by atoms with E-state index < -0.39 is 0 Å². The molecule has 0 saturated heterocycles. The third-order valence-corrected chi connectivity index (χ3v) is 4.71. The highest BCUT2D eigenvalue weighted by molar-refractivity contribution is 5.01. The molecule has 0 rings (SSSR count). The Labute approximate surface area is 191 Å². The van der Waals surface area contributed by atoms with Gasteiger partial charge in [0.2, 0.25) is 0 Å². The molecule has 0 aliphatic carbocycles. The van der Waals surface area contributed by atoms with Crippen LogP contribution in [0.3, 0.4) is 0 Å². The van der Waals surface area contributed by atoms with Gasteiger partial charge in [-0.15, -0.1) is 6.58 Å². The molecule has 0 N–H and O–H groups in total. The Hall–Kier alpha value is -1.56. The predicted octanol–water partition coefficient (Wildman–Crippen LogP) is 11.0. The quantitative estimate of drug-likeness (QED) is 0.295. The van der Waals surface area contributed by atoms with Gasteiger partial charge in [0.05, 0.1) is 0 Å². The molecule has 30 heavy (non-hydrogen) atoms. The predicted molar refractivity (Wildman–Crippen MR) is 144 cm³/mol. The van der Waals surface area contributed by atoms with E-state index in [-0.39, 0.29) is 0 Å². The maximum Gasteiger partial charge on any atom is -0.0262 e. The van der Waals surface area contributed by atoms with E-state index >= 15 is 0 Å². The molecule has 0 aromatic rings. The lowest BCUT2D eigenvalue weighted by Crippen LogP contribution is -1.86. The van der Waals surface area contributed by atoms with Crippen molar-refractivity contribution in [2.24, 2.45) is 5.92 Å². The minimum absolute atomic E-state index is 0.663. The molecule has 0 saturated carbocycles. The van der Waals surface area contributed by atoms with E-state index in [0.29, 0.717) is 5.92 Å². The first kappa shape index (κ1) is 33.1.